The van der Waals surface area contributed by atoms with Gasteiger partial charge in [-0.3, -0.25) is 0 Å². The Labute approximate surface area is 194 Å². The van der Waals surface area contributed by atoms with Gasteiger partial charge in [0.05, 0.1) is 31.7 Å². The summed E-state index contributed by atoms with van der Waals surface area (Å²) in [4.78, 5) is 25.2. The van der Waals surface area contributed by atoms with E-state index in [1.54, 1.807) is 35.2 Å². The van der Waals surface area contributed by atoms with Crippen LogP contribution in [-0.2, 0) is 11.3 Å². The molecule has 2 fully saturated rings. The third kappa shape index (κ3) is 4.66. The fourth-order valence-electron chi connectivity index (χ4n) is 3.99. The number of nitrogens with two attached hydrogens (primary N) is 1. The van der Waals surface area contributed by atoms with Gasteiger partial charge in [-0.05, 0) is 37.1 Å². The predicted octanol–water partition coefficient (Wildman–Crippen LogP) is 0.231. The molecule has 1 saturated heterocycles. The molecule has 3 aromatic rings. The number of urea groups is 1. The molecule has 3 heterocycles. The lowest BCUT2D eigenvalue weighted by atomic mass is 9.98. The van der Waals surface area contributed by atoms with Crippen LogP contribution in [0.2, 0.25) is 0 Å². The Bertz CT molecular complexity index is 1180. The second-order valence-corrected chi connectivity index (χ2v) is 8.72. The molecule has 1 saturated carbocycles. The van der Waals surface area contributed by atoms with Crippen molar-refractivity contribution in [1.29, 1.82) is 0 Å². The summed E-state index contributed by atoms with van der Waals surface area (Å²) in [5, 5.41) is 35.4. The maximum Gasteiger partial charge on any atom is 0.319 e. The molecule has 0 bridgehead atoms. The number of aromatic nitrogens is 4. The number of fused-ring (bicyclic) bond motifs is 1. The van der Waals surface area contributed by atoms with Gasteiger partial charge in [-0.15, -0.1) is 0 Å². The van der Waals surface area contributed by atoms with Crippen LogP contribution in [0.1, 0.15) is 19.3 Å². The standard InChI is InChI=1S/C22H27N7O5/c23-19-18-21(29(10-24-18)8-16-14(31)7-15(32)17(9-30)34-16)28-20(27-19)11-1-3-12(4-2-11)25-22(33)26-13-5-6-13/h1-4,10,13-17,30-32H,5-9H2,(H2,23,27,28)(H2,25,26,33)/t14-,15?,16-,17+/m0/s1. The molecule has 2 aliphatic rings. The van der Waals surface area contributed by atoms with E-state index in [1.807, 2.05) is 0 Å². The lowest BCUT2D eigenvalue weighted by Gasteiger charge is -2.36. The van der Waals surface area contributed by atoms with Gasteiger partial charge in [-0.25, -0.2) is 19.7 Å². The fourth-order valence-corrected chi connectivity index (χ4v) is 3.99. The Morgan fingerprint density at radius 1 is 1.15 bits per heavy atom. The van der Waals surface area contributed by atoms with Crippen LogP contribution in [0, 0.1) is 0 Å². The van der Waals surface area contributed by atoms with Gasteiger partial charge in [0.25, 0.3) is 0 Å². The number of ether oxygens (including phenoxy) is 1. The van der Waals surface area contributed by atoms with E-state index in [9.17, 15) is 20.1 Å². The van der Waals surface area contributed by atoms with Crippen LogP contribution in [0.5, 0.6) is 0 Å². The molecule has 0 radical (unpaired) electrons. The van der Waals surface area contributed by atoms with Gasteiger partial charge in [-0.2, -0.15) is 0 Å². The van der Waals surface area contributed by atoms with Crippen molar-refractivity contribution in [2.24, 2.45) is 0 Å². The molecular weight excluding hydrogens is 442 g/mol. The number of nitrogen functional groups attached to an aromatic ring is 1. The zero-order chi connectivity index (χ0) is 23.8. The fraction of sp³-hybridized carbons (Fsp3) is 0.455. The quantitative estimate of drug-likeness (QED) is 0.294. The second-order valence-electron chi connectivity index (χ2n) is 8.72. The number of nitrogens with zero attached hydrogens (tertiary/aromatic N) is 4. The summed E-state index contributed by atoms with van der Waals surface area (Å²) in [6.45, 7) is -0.142. The highest BCUT2D eigenvalue weighted by atomic mass is 16.5. The maximum atomic E-state index is 11.9. The monoisotopic (exact) mass is 469 g/mol. The molecular formula is C22H27N7O5. The summed E-state index contributed by atoms with van der Waals surface area (Å²) < 4.78 is 7.39. The van der Waals surface area contributed by atoms with Gasteiger partial charge < -0.3 is 41.0 Å². The minimum atomic E-state index is -0.933. The topological polar surface area (TPSA) is 181 Å². The molecule has 12 nitrogen and oxygen atoms in total. The number of imidazole rings is 1. The largest absolute Gasteiger partial charge is 0.394 e. The number of anilines is 2. The van der Waals surface area contributed by atoms with Crippen molar-refractivity contribution in [2.45, 2.75) is 56.3 Å². The number of nitrogens with one attached hydrogen (secondary N) is 2. The first-order chi connectivity index (χ1) is 16.4. The molecule has 1 unspecified atom stereocenters. The number of hydrogen-bond donors (Lipinski definition) is 6. The molecule has 1 aliphatic heterocycles. The molecule has 5 rings (SSSR count). The molecule has 34 heavy (non-hydrogen) atoms. The lowest BCUT2D eigenvalue weighted by Crippen LogP contribution is -2.50. The average Bonchev–Trinajstić information content (AvgIpc) is 3.53. The Morgan fingerprint density at radius 2 is 1.88 bits per heavy atom. The van der Waals surface area contributed by atoms with E-state index in [0.717, 1.165) is 12.8 Å². The van der Waals surface area contributed by atoms with Crippen molar-refractivity contribution in [3.63, 3.8) is 0 Å². The number of aliphatic hydroxyl groups excluding tert-OH is 3. The highest BCUT2D eigenvalue weighted by Crippen LogP contribution is 2.26. The van der Waals surface area contributed by atoms with Crippen molar-refractivity contribution in [1.82, 2.24) is 24.8 Å². The molecule has 7 N–H and O–H groups in total. The van der Waals surface area contributed by atoms with E-state index in [4.69, 9.17) is 10.5 Å². The van der Waals surface area contributed by atoms with Crippen LogP contribution in [0.25, 0.3) is 22.6 Å². The number of carbonyl (C=O) groups excluding carboxylic acids is 1. The normalized spacial score (nSPS) is 24.8. The Balaban J connectivity index is 1.36. The SMILES string of the molecule is Nc1nc(-c2ccc(NC(=O)NC3CC3)cc2)nc2c1ncn2C[C@@H]1O[C@H](CO)C(O)C[C@@H]1O. The number of aliphatic hydroxyl groups is 3. The Morgan fingerprint density at radius 3 is 2.59 bits per heavy atom. The van der Waals surface area contributed by atoms with Crippen LogP contribution < -0.4 is 16.4 Å². The van der Waals surface area contributed by atoms with Gasteiger partial charge >= 0.3 is 6.03 Å². The Hall–Kier alpha value is -3.32. The zero-order valence-electron chi connectivity index (χ0n) is 18.3. The first-order valence-corrected chi connectivity index (χ1v) is 11.2. The summed E-state index contributed by atoms with van der Waals surface area (Å²) in [7, 11) is 0. The van der Waals surface area contributed by atoms with Crippen molar-refractivity contribution in [2.75, 3.05) is 17.7 Å². The number of carbonyl (C=O) groups is 1. The molecule has 1 aliphatic carbocycles. The van der Waals surface area contributed by atoms with Crippen molar-refractivity contribution in [3.8, 4) is 11.4 Å². The molecule has 1 aromatic carbocycles. The molecule has 2 aromatic heterocycles. The molecule has 180 valence electrons. The molecule has 2 amide bonds. The first kappa shape index (κ1) is 22.5. The number of amides is 2. The van der Waals surface area contributed by atoms with E-state index >= 15 is 0 Å². The molecule has 0 spiro atoms. The zero-order valence-corrected chi connectivity index (χ0v) is 18.3. The van der Waals surface area contributed by atoms with Crippen LogP contribution in [-0.4, -0.2) is 77.9 Å². The summed E-state index contributed by atoms with van der Waals surface area (Å²) in [6.07, 6.45) is 0.398. The highest BCUT2D eigenvalue weighted by molar-refractivity contribution is 5.90. The Kier molecular flexibility index (Phi) is 6.04. The van der Waals surface area contributed by atoms with Crippen molar-refractivity contribution < 1.29 is 24.9 Å². The summed E-state index contributed by atoms with van der Waals surface area (Å²) in [5.74, 6) is 0.591. The molecule has 4 atom stereocenters. The second kappa shape index (κ2) is 9.14. The van der Waals surface area contributed by atoms with E-state index < -0.39 is 24.4 Å². The predicted molar refractivity (Wildman–Crippen MR) is 123 cm³/mol. The van der Waals surface area contributed by atoms with Crippen LogP contribution in [0.3, 0.4) is 0 Å². The maximum absolute atomic E-state index is 11.9. The van der Waals surface area contributed by atoms with Crippen molar-refractivity contribution in [3.05, 3.63) is 30.6 Å². The minimum Gasteiger partial charge on any atom is -0.394 e. The van der Waals surface area contributed by atoms with Crippen molar-refractivity contribution >= 4 is 28.7 Å². The van der Waals surface area contributed by atoms with Gasteiger partial charge in [-0.1, -0.05) is 0 Å². The first-order valence-electron chi connectivity index (χ1n) is 11.2. The smallest absolute Gasteiger partial charge is 0.319 e. The third-order valence-corrected chi connectivity index (χ3v) is 6.05. The van der Waals surface area contributed by atoms with E-state index in [-0.39, 0.29) is 37.5 Å². The third-order valence-electron chi connectivity index (χ3n) is 6.05. The van der Waals surface area contributed by atoms with Gasteiger partial charge in [0.2, 0.25) is 0 Å². The van der Waals surface area contributed by atoms with Gasteiger partial charge in [0.1, 0.15) is 17.7 Å². The van der Waals surface area contributed by atoms with Crippen LogP contribution in [0.15, 0.2) is 30.6 Å². The summed E-state index contributed by atoms with van der Waals surface area (Å²) in [6, 6.07) is 7.13. The average molecular weight is 470 g/mol. The lowest BCUT2D eigenvalue weighted by molar-refractivity contribution is -0.182. The van der Waals surface area contributed by atoms with Crippen LogP contribution >= 0.6 is 0 Å². The van der Waals surface area contributed by atoms with Gasteiger partial charge in [0.15, 0.2) is 17.3 Å². The van der Waals surface area contributed by atoms with Gasteiger partial charge in [0, 0.05) is 23.7 Å². The van der Waals surface area contributed by atoms with Crippen LogP contribution in [0.4, 0.5) is 16.3 Å². The summed E-state index contributed by atoms with van der Waals surface area (Å²) in [5.41, 5.74) is 8.37. The van der Waals surface area contributed by atoms with E-state index in [0.29, 0.717) is 28.2 Å². The number of hydrogen-bond acceptors (Lipinski definition) is 9. The van der Waals surface area contributed by atoms with E-state index in [1.165, 1.54) is 0 Å². The highest BCUT2D eigenvalue weighted by Gasteiger charge is 2.36. The molecule has 12 heteroatoms. The number of benzene rings is 1. The minimum absolute atomic E-state index is 0.101. The summed E-state index contributed by atoms with van der Waals surface area (Å²) >= 11 is 0. The van der Waals surface area contributed by atoms with E-state index in [2.05, 4.69) is 25.6 Å². The number of rotatable bonds is 6.